The molecule has 0 spiro atoms. The molecule has 1 aliphatic heterocycles. The average molecular weight is 374 g/mol. The lowest BCUT2D eigenvalue weighted by molar-refractivity contribution is -0.0178. The number of benzene rings is 1. The molecule has 0 radical (unpaired) electrons. The summed E-state index contributed by atoms with van der Waals surface area (Å²) in [6, 6.07) is 6.35. The fourth-order valence-corrected chi connectivity index (χ4v) is 3.07. The Kier molecular flexibility index (Phi) is 4.95. The molecule has 0 aliphatic carbocycles. The van der Waals surface area contributed by atoms with Crippen LogP contribution in [0.1, 0.15) is 39.4 Å². The van der Waals surface area contributed by atoms with E-state index in [0.29, 0.717) is 34.9 Å². The van der Waals surface area contributed by atoms with Crippen LogP contribution in [0.2, 0.25) is 0 Å². The average Bonchev–Trinajstić information content (AvgIpc) is 2.57. The highest BCUT2D eigenvalue weighted by Gasteiger charge is 2.41. The second-order valence-electron chi connectivity index (χ2n) is 7.52. The predicted molar refractivity (Wildman–Crippen MR) is 98.1 cm³/mol. The lowest BCUT2D eigenvalue weighted by Gasteiger charge is -2.38. The van der Waals surface area contributed by atoms with Crippen molar-refractivity contribution in [3.05, 3.63) is 41.8 Å². The summed E-state index contributed by atoms with van der Waals surface area (Å²) in [7, 11) is 0. The molecule has 1 amide bonds. The van der Waals surface area contributed by atoms with E-state index in [-0.39, 0.29) is 6.10 Å². The van der Waals surface area contributed by atoms with E-state index in [1.165, 1.54) is 6.07 Å². The molecule has 27 heavy (non-hydrogen) atoms. The predicted octanol–water partition coefficient (Wildman–Crippen LogP) is 4.23. The van der Waals surface area contributed by atoms with Crippen LogP contribution >= 0.6 is 0 Å². The van der Waals surface area contributed by atoms with Gasteiger partial charge in [0.05, 0.1) is 12.7 Å². The van der Waals surface area contributed by atoms with E-state index in [2.05, 4.69) is 4.98 Å². The first-order chi connectivity index (χ1) is 12.7. The second-order valence-corrected chi connectivity index (χ2v) is 7.52. The van der Waals surface area contributed by atoms with Crippen LogP contribution in [-0.4, -0.2) is 23.8 Å². The van der Waals surface area contributed by atoms with Crippen LogP contribution in [0.3, 0.4) is 0 Å². The van der Waals surface area contributed by atoms with Crippen LogP contribution in [0.5, 0.6) is 11.6 Å². The van der Waals surface area contributed by atoms with Crippen molar-refractivity contribution in [2.24, 2.45) is 11.1 Å². The largest absolute Gasteiger partial charge is 0.492 e. The van der Waals surface area contributed by atoms with Crippen molar-refractivity contribution in [1.29, 1.82) is 0 Å². The fourth-order valence-electron chi connectivity index (χ4n) is 3.07. The Balaban J connectivity index is 1.98. The number of pyridine rings is 1. The van der Waals surface area contributed by atoms with Crippen molar-refractivity contribution in [2.45, 2.75) is 39.9 Å². The highest BCUT2D eigenvalue weighted by Crippen LogP contribution is 2.46. The zero-order valence-corrected chi connectivity index (χ0v) is 15.8. The third-order valence-electron chi connectivity index (χ3n) is 4.33. The number of amides is 1. The van der Waals surface area contributed by atoms with Gasteiger partial charge in [0, 0.05) is 34.4 Å². The number of halogens is 1. The normalized spacial score (nSPS) is 17.8. The Morgan fingerprint density at radius 3 is 2.70 bits per heavy atom. The number of aromatic nitrogens is 1. The van der Waals surface area contributed by atoms with Gasteiger partial charge in [-0.15, -0.1) is 0 Å². The molecule has 6 nitrogen and oxygen atoms in total. The van der Waals surface area contributed by atoms with Crippen molar-refractivity contribution < 1.29 is 23.4 Å². The molecule has 3 rings (SSSR count). The van der Waals surface area contributed by atoms with Gasteiger partial charge in [-0.3, -0.25) is 0 Å². The first-order valence-corrected chi connectivity index (χ1v) is 8.73. The summed E-state index contributed by atoms with van der Waals surface area (Å²) in [6.45, 7) is 7.85. The van der Waals surface area contributed by atoms with Crippen LogP contribution < -0.4 is 15.2 Å². The first-order valence-electron chi connectivity index (χ1n) is 8.73. The Bertz CT molecular complexity index is 850. The number of nitrogens with two attached hydrogens (primary N) is 1. The molecule has 1 atom stereocenters. The minimum atomic E-state index is -0.907. The molecule has 144 valence electrons. The van der Waals surface area contributed by atoms with Crippen molar-refractivity contribution >= 4 is 6.09 Å². The number of carbonyl (C=O) groups excluding carboxylic acids is 1. The number of hydrogen-bond donors (Lipinski definition) is 1. The number of fused-ring (bicyclic) bond motifs is 1. The third-order valence-corrected chi connectivity index (χ3v) is 4.33. The molecule has 0 saturated carbocycles. The lowest BCUT2D eigenvalue weighted by Crippen LogP contribution is -2.37. The number of carbonyl (C=O) groups is 1. The van der Waals surface area contributed by atoms with Crippen LogP contribution in [0.25, 0.3) is 11.1 Å². The summed E-state index contributed by atoms with van der Waals surface area (Å²) >= 11 is 0. The molecule has 0 saturated heterocycles. The van der Waals surface area contributed by atoms with Gasteiger partial charge in [-0.1, -0.05) is 13.8 Å². The van der Waals surface area contributed by atoms with Gasteiger partial charge in [0.1, 0.15) is 17.7 Å². The molecule has 1 unspecified atom stereocenters. The van der Waals surface area contributed by atoms with E-state index in [9.17, 15) is 9.18 Å². The van der Waals surface area contributed by atoms with Crippen LogP contribution in [0.4, 0.5) is 9.18 Å². The van der Waals surface area contributed by atoms with E-state index in [4.69, 9.17) is 19.9 Å². The summed E-state index contributed by atoms with van der Waals surface area (Å²) in [5, 5.41) is 0. The molecule has 0 bridgehead atoms. The van der Waals surface area contributed by atoms with Gasteiger partial charge in [-0.2, -0.15) is 0 Å². The number of rotatable bonds is 4. The molecule has 1 aromatic heterocycles. The number of nitrogens with zero attached hydrogens (tertiary/aromatic N) is 1. The van der Waals surface area contributed by atoms with Gasteiger partial charge in [0.15, 0.2) is 0 Å². The molecule has 2 aromatic rings. The van der Waals surface area contributed by atoms with Crippen LogP contribution in [0.15, 0.2) is 30.5 Å². The molecular formula is C20H23FN2O4. The van der Waals surface area contributed by atoms with Crippen molar-refractivity contribution in [2.75, 3.05) is 6.61 Å². The van der Waals surface area contributed by atoms with Gasteiger partial charge in [-0.25, -0.2) is 14.2 Å². The van der Waals surface area contributed by atoms with Gasteiger partial charge < -0.3 is 19.9 Å². The van der Waals surface area contributed by atoms with E-state index in [1.807, 2.05) is 27.7 Å². The maximum absolute atomic E-state index is 14.9. The summed E-state index contributed by atoms with van der Waals surface area (Å²) in [5.74, 6) is 0.465. The van der Waals surface area contributed by atoms with Crippen LogP contribution in [-0.2, 0) is 4.74 Å². The molecular weight excluding hydrogens is 351 g/mol. The molecule has 1 aliphatic rings. The molecule has 1 aromatic carbocycles. The molecule has 0 fully saturated rings. The number of hydrogen-bond acceptors (Lipinski definition) is 5. The van der Waals surface area contributed by atoms with Gasteiger partial charge >= 0.3 is 6.09 Å². The zero-order chi connectivity index (χ0) is 19.8. The third kappa shape index (κ3) is 3.97. The van der Waals surface area contributed by atoms with E-state index in [0.717, 1.165) is 0 Å². The Morgan fingerprint density at radius 1 is 1.37 bits per heavy atom. The molecule has 2 heterocycles. The Morgan fingerprint density at radius 2 is 2.11 bits per heavy atom. The molecule has 2 N–H and O–H groups in total. The van der Waals surface area contributed by atoms with Crippen molar-refractivity contribution in [3.63, 3.8) is 0 Å². The van der Waals surface area contributed by atoms with E-state index >= 15 is 0 Å². The van der Waals surface area contributed by atoms with Gasteiger partial charge in [0.2, 0.25) is 5.88 Å². The smallest absolute Gasteiger partial charge is 0.405 e. The summed E-state index contributed by atoms with van der Waals surface area (Å²) in [4.78, 5) is 15.5. The van der Waals surface area contributed by atoms with Gasteiger partial charge in [-0.05, 0) is 32.0 Å². The SMILES string of the molecule is CC(C)Oc1ccc(-c2cc3c(cc2F)C(OC(N)=O)C(C)(C)CO3)cn1. The Labute approximate surface area is 157 Å². The fraction of sp³-hybridized carbons (Fsp3) is 0.400. The van der Waals surface area contributed by atoms with Crippen LogP contribution in [0, 0.1) is 11.2 Å². The second kappa shape index (κ2) is 7.06. The molecule has 7 heteroatoms. The summed E-state index contributed by atoms with van der Waals surface area (Å²) < 4.78 is 31.4. The first kappa shape index (κ1) is 18.9. The topological polar surface area (TPSA) is 83.7 Å². The standard InChI is InChI=1S/C20H23FN2O4/c1-11(2)26-17-6-5-12(9-23-17)13-8-16-14(7-15(13)21)18(27-19(22)24)20(3,4)10-25-16/h5-9,11,18H,10H2,1-4H3,(H2,22,24). The summed E-state index contributed by atoms with van der Waals surface area (Å²) in [5.41, 5.74) is 6.05. The highest BCUT2D eigenvalue weighted by molar-refractivity contribution is 5.68. The van der Waals surface area contributed by atoms with Crippen molar-refractivity contribution in [1.82, 2.24) is 4.98 Å². The quantitative estimate of drug-likeness (QED) is 0.866. The monoisotopic (exact) mass is 374 g/mol. The van der Waals surface area contributed by atoms with E-state index < -0.39 is 23.4 Å². The number of ether oxygens (including phenoxy) is 3. The zero-order valence-electron chi connectivity index (χ0n) is 15.8. The lowest BCUT2D eigenvalue weighted by atomic mass is 9.80. The van der Waals surface area contributed by atoms with Crippen molar-refractivity contribution in [3.8, 4) is 22.8 Å². The maximum atomic E-state index is 14.9. The maximum Gasteiger partial charge on any atom is 0.405 e. The minimum absolute atomic E-state index is 0.00257. The number of primary amides is 1. The van der Waals surface area contributed by atoms with Gasteiger partial charge in [0.25, 0.3) is 0 Å². The Hall–Kier alpha value is -2.83. The minimum Gasteiger partial charge on any atom is -0.492 e. The highest BCUT2D eigenvalue weighted by atomic mass is 19.1. The summed E-state index contributed by atoms with van der Waals surface area (Å²) in [6.07, 6.45) is -0.0486. The van der Waals surface area contributed by atoms with E-state index in [1.54, 1.807) is 24.4 Å².